The average Bonchev–Trinajstić information content (AvgIpc) is 3.34. The summed E-state index contributed by atoms with van der Waals surface area (Å²) in [6.45, 7) is 2.98. The van der Waals surface area contributed by atoms with E-state index in [1.165, 1.54) is 6.07 Å². The largest absolute Gasteiger partial charge is 0.508 e. The topological polar surface area (TPSA) is 145 Å². The summed E-state index contributed by atoms with van der Waals surface area (Å²) in [5.74, 6) is -1.29. The van der Waals surface area contributed by atoms with Gasteiger partial charge in [-0.25, -0.2) is 4.79 Å². The van der Waals surface area contributed by atoms with Crippen molar-refractivity contribution < 1.29 is 48.3 Å². The number of aromatic hydroxyl groups is 1. The number of aryl methyl sites for hydroxylation is 2. The highest BCUT2D eigenvalue weighted by Crippen LogP contribution is 2.35. The molecule has 0 radical (unpaired) electrons. The van der Waals surface area contributed by atoms with Crippen molar-refractivity contribution in [1.82, 2.24) is 0 Å². The molecule has 0 saturated carbocycles. The van der Waals surface area contributed by atoms with E-state index in [-0.39, 0.29) is 35.9 Å². The number of phenols is 1. The molecule has 2 aromatic carbocycles. The third-order valence-corrected chi connectivity index (χ3v) is 6.48. The van der Waals surface area contributed by atoms with Crippen LogP contribution in [-0.2, 0) is 20.6 Å². The Morgan fingerprint density at radius 3 is 2.62 bits per heavy atom. The van der Waals surface area contributed by atoms with E-state index >= 15 is 0 Å². The van der Waals surface area contributed by atoms with Crippen LogP contribution in [0.15, 0.2) is 47.1 Å². The lowest BCUT2D eigenvalue weighted by Crippen LogP contribution is -2.56. The number of rotatable bonds is 8. The van der Waals surface area contributed by atoms with Crippen molar-refractivity contribution in [3.63, 3.8) is 0 Å². The molecule has 0 amide bonds. The molecule has 3 aromatic rings. The van der Waals surface area contributed by atoms with E-state index in [1.807, 2.05) is 24.3 Å². The van der Waals surface area contributed by atoms with E-state index in [4.69, 9.17) is 18.6 Å². The number of aliphatic hydroxyl groups is 2. The second-order valence-electron chi connectivity index (χ2n) is 9.14. The van der Waals surface area contributed by atoms with Crippen molar-refractivity contribution in [3.8, 4) is 11.5 Å². The van der Waals surface area contributed by atoms with Gasteiger partial charge in [-0.2, -0.15) is 0 Å². The monoisotopic (exact) mass is 514 g/mol. The predicted molar refractivity (Wildman–Crippen MR) is 131 cm³/mol. The number of hydrogen-bond acceptors (Lipinski definition) is 10. The van der Waals surface area contributed by atoms with Gasteiger partial charge in [0.05, 0.1) is 19.5 Å². The van der Waals surface area contributed by atoms with Crippen LogP contribution >= 0.6 is 0 Å². The molecule has 4 rings (SSSR count). The highest BCUT2D eigenvalue weighted by molar-refractivity contribution is 6.01. The zero-order chi connectivity index (χ0) is 26.7. The molecule has 10 heteroatoms. The Bertz CT molecular complexity index is 1270. The van der Waals surface area contributed by atoms with Crippen molar-refractivity contribution in [3.05, 3.63) is 59.4 Å². The average molecular weight is 515 g/mol. The number of ether oxygens (including phenoxy) is 4. The summed E-state index contributed by atoms with van der Waals surface area (Å²) < 4.78 is 26.3. The Morgan fingerprint density at radius 1 is 1.08 bits per heavy atom. The van der Waals surface area contributed by atoms with Crippen LogP contribution < -0.4 is 4.74 Å². The molecule has 1 aliphatic heterocycles. The highest BCUT2D eigenvalue weighted by Gasteiger charge is 2.44. The molecule has 1 fully saturated rings. The number of phenolic OH excluding ortho intramolecular Hbond substituents is 1. The van der Waals surface area contributed by atoms with E-state index in [0.717, 1.165) is 23.6 Å². The van der Waals surface area contributed by atoms with E-state index < -0.39 is 36.7 Å². The molecule has 198 valence electrons. The molecule has 0 spiro atoms. The molecule has 0 aliphatic carbocycles. The molecule has 3 N–H and O–H groups in total. The smallest absolute Gasteiger partial charge is 0.507 e. The third kappa shape index (κ3) is 5.87. The fourth-order valence-electron chi connectivity index (χ4n) is 4.35. The van der Waals surface area contributed by atoms with Gasteiger partial charge in [0, 0.05) is 17.7 Å². The Balaban J connectivity index is 1.52. The fourth-order valence-corrected chi connectivity index (χ4v) is 4.35. The Hall–Kier alpha value is -3.60. The van der Waals surface area contributed by atoms with Crippen LogP contribution in [-0.4, -0.2) is 65.6 Å². The van der Waals surface area contributed by atoms with Crippen LogP contribution in [0, 0.1) is 12.8 Å². The van der Waals surface area contributed by atoms with Gasteiger partial charge < -0.3 is 38.7 Å². The van der Waals surface area contributed by atoms with Gasteiger partial charge >= 0.3 is 6.16 Å². The van der Waals surface area contributed by atoms with E-state index in [9.17, 15) is 24.9 Å². The van der Waals surface area contributed by atoms with Crippen molar-refractivity contribution in [2.24, 2.45) is 5.92 Å². The predicted octanol–water partition coefficient (Wildman–Crippen LogP) is 3.51. The summed E-state index contributed by atoms with van der Waals surface area (Å²) in [6.07, 6.45) is -3.58. The van der Waals surface area contributed by atoms with Gasteiger partial charge in [0.25, 0.3) is 0 Å². The number of fused-ring (bicyclic) bond motifs is 1. The van der Waals surface area contributed by atoms with Gasteiger partial charge in [0.15, 0.2) is 5.78 Å². The summed E-state index contributed by atoms with van der Waals surface area (Å²) in [5.41, 5.74) is 2.27. The maximum Gasteiger partial charge on any atom is 0.508 e. The maximum absolute atomic E-state index is 13.2. The summed E-state index contributed by atoms with van der Waals surface area (Å²) >= 11 is 0. The lowest BCUT2D eigenvalue weighted by atomic mass is 9.91. The molecule has 1 aliphatic rings. The molecule has 1 aromatic heterocycles. The third-order valence-electron chi connectivity index (χ3n) is 6.48. The summed E-state index contributed by atoms with van der Waals surface area (Å²) in [5, 5.41) is 32.7. The number of methoxy groups -OCH3 is 1. The molecule has 5 atom stereocenters. The molecule has 0 unspecified atom stereocenters. The number of ketones is 1. The molecular weight excluding hydrogens is 484 g/mol. The second kappa shape index (κ2) is 11.2. The van der Waals surface area contributed by atoms with Gasteiger partial charge in [-0.05, 0) is 54.8 Å². The van der Waals surface area contributed by atoms with Crippen molar-refractivity contribution in [2.75, 3.05) is 13.7 Å². The molecular formula is C27H30O10. The summed E-state index contributed by atoms with van der Waals surface area (Å²) in [7, 11) is 1.15. The normalized spacial score (nSPS) is 23.5. The standard InChI is InChI=1S/C27H30O10/c1-14-10-19(29)23(18(28)6-4-16-5-7-20-17(12-16)8-9-34-20)21(11-14)36-26-25(31)15(2)24(30)22(37-26)13-35-27(32)33-3/h5,7-12,15,22,24-26,29-31H,4,6,13H2,1-3H3/t15-,22+,24-,25+,26+/m0/s1. The molecule has 1 saturated heterocycles. The molecule has 10 nitrogen and oxygen atoms in total. The minimum absolute atomic E-state index is 0.0352. The Labute approximate surface area is 213 Å². The first-order valence-corrected chi connectivity index (χ1v) is 11.9. The minimum atomic E-state index is -1.30. The second-order valence-corrected chi connectivity index (χ2v) is 9.14. The van der Waals surface area contributed by atoms with E-state index in [2.05, 4.69) is 4.74 Å². The first-order valence-electron chi connectivity index (χ1n) is 11.9. The number of aliphatic hydroxyl groups excluding tert-OH is 2. The van der Waals surface area contributed by atoms with Crippen molar-refractivity contribution in [2.45, 2.75) is 51.3 Å². The molecule has 0 bridgehead atoms. The van der Waals surface area contributed by atoms with Crippen LogP contribution in [0.4, 0.5) is 4.79 Å². The quantitative estimate of drug-likeness (QED) is 0.302. The Morgan fingerprint density at radius 2 is 1.86 bits per heavy atom. The summed E-state index contributed by atoms with van der Waals surface area (Å²) in [6, 6.07) is 10.5. The summed E-state index contributed by atoms with van der Waals surface area (Å²) in [4.78, 5) is 24.6. The first-order chi connectivity index (χ1) is 17.7. The van der Waals surface area contributed by atoms with Crippen LogP contribution in [0.1, 0.15) is 34.8 Å². The van der Waals surface area contributed by atoms with Gasteiger partial charge in [-0.1, -0.05) is 13.0 Å². The van der Waals surface area contributed by atoms with Crippen LogP contribution in [0.3, 0.4) is 0 Å². The van der Waals surface area contributed by atoms with Crippen molar-refractivity contribution in [1.29, 1.82) is 0 Å². The lowest BCUT2D eigenvalue weighted by molar-refractivity contribution is -0.261. The fraction of sp³-hybridized carbons (Fsp3) is 0.407. The number of furan rings is 1. The van der Waals surface area contributed by atoms with Crippen molar-refractivity contribution >= 4 is 22.9 Å². The number of Topliss-reactive ketones (excluding diaryl/α,β-unsaturated/α-hetero) is 1. The zero-order valence-electron chi connectivity index (χ0n) is 20.7. The maximum atomic E-state index is 13.2. The number of carbonyl (C=O) groups excluding carboxylic acids is 2. The van der Waals surface area contributed by atoms with E-state index in [1.54, 1.807) is 26.2 Å². The minimum Gasteiger partial charge on any atom is -0.507 e. The van der Waals surface area contributed by atoms with Gasteiger partial charge in [-0.3, -0.25) is 4.79 Å². The SMILES string of the molecule is COC(=O)OC[C@H]1O[C@@H](Oc2cc(C)cc(O)c2C(=O)CCc2ccc3occc3c2)[C@H](O)[C@@H](C)[C@@H]1O. The molecule has 37 heavy (non-hydrogen) atoms. The van der Waals surface area contributed by atoms with Crippen LogP contribution in [0.25, 0.3) is 11.0 Å². The molecule has 2 heterocycles. The lowest BCUT2D eigenvalue weighted by Gasteiger charge is -2.41. The van der Waals surface area contributed by atoms with Gasteiger partial charge in [0.1, 0.15) is 41.5 Å². The van der Waals surface area contributed by atoms with E-state index in [0.29, 0.717) is 12.0 Å². The van der Waals surface area contributed by atoms with Gasteiger partial charge in [-0.15, -0.1) is 0 Å². The van der Waals surface area contributed by atoms with Gasteiger partial charge in [0.2, 0.25) is 6.29 Å². The Kier molecular flexibility index (Phi) is 8.01. The highest BCUT2D eigenvalue weighted by atomic mass is 16.7. The number of hydrogen-bond donors (Lipinski definition) is 3. The van der Waals surface area contributed by atoms with Crippen LogP contribution in [0.2, 0.25) is 0 Å². The zero-order valence-corrected chi connectivity index (χ0v) is 20.7. The number of benzene rings is 2. The number of carbonyl (C=O) groups is 2. The van der Waals surface area contributed by atoms with Crippen LogP contribution in [0.5, 0.6) is 11.5 Å². The first kappa shape index (κ1) is 26.5.